The number of benzene rings is 3. The number of nitro benzene ring substituents is 1. The van der Waals surface area contributed by atoms with Gasteiger partial charge in [0, 0.05) is 23.9 Å². The molecule has 0 bridgehead atoms. The SMILES string of the molecule is COc1cccc(C=Nc2nc(-c3ccccc3)c(-c3ccc([N+](=O)[O-])cc3)s2)c1. The zero-order chi connectivity index (χ0) is 20.9. The number of methoxy groups -OCH3 is 1. The van der Waals surface area contributed by atoms with Crippen LogP contribution in [-0.4, -0.2) is 23.2 Å². The van der Waals surface area contributed by atoms with Gasteiger partial charge in [-0.3, -0.25) is 10.1 Å². The van der Waals surface area contributed by atoms with Gasteiger partial charge in [-0.05, 0) is 35.4 Å². The number of nitrogens with zero attached hydrogens (tertiary/aromatic N) is 3. The first kappa shape index (κ1) is 19.5. The molecule has 1 heterocycles. The van der Waals surface area contributed by atoms with Gasteiger partial charge >= 0.3 is 0 Å². The van der Waals surface area contributed by atoms with Crippen molar-refractivity contribution < 1.29 is 9.66 Å². The molecule has 0 saturated heterocycles. The Bertz CT molecular complexity index is 1200. The smallest absolute Gasteiger partial charge is 0.269 e. The summed E-state index contributed by atoms with van der Waals surface area (Å²) < 4.78 is 5.25. The predicted octanol–water partition coefficient (Wildman–Crippen LogP) is 6.14. The molecule has 0 aliphatic heterocycles. The van der Waals surface area contributed by atoms with Gasteiger partial charge in [-0.15, -0.1) is 0 Å². The van der Waals surface area contributed by atoms with Crippen LogP contribution >= 0.6 is 11.3 Å². The monoisotopic (exact) mass is 415 g/mol. The molecular weight excluding hydrogens is 398 g/mol. The van der Waals surface area contributed by atoms with Gasteiger partial charge in [0.25, 0.3) is 5.69 Å². The van der Waals surface area contributed by atoms with E-state index in [-0.39, 0.29) is 5.69 Å². The minimum absolute atomic E-state index is 0.0563. The number of hydrogen-bond donors (Lipinski definition) is 0. The number of nitro groups is 1. The minimum atomic E-state index is -0.404. The molecule has 6 nitrogen and oxygen atoms in total. The second kappa shape index (κ2) is 8.67. The van der Waals surface area contributed by atoms with Crippen LogP contribution in [0.4, 0.5) is 10.8 Å². The molecule has 4 aromatic rings. The average Bonchev–Trinajstić information content (AvgIpc) is 3.23. The van der Waals surface area contributed by atoms with Crippen LogP contribution in [0.3, 0.4) is 0 Å². The second-order valence-electron chi connectivity index (χ2n) is 6.38. The summed E-state index contributed by atoms with van der Waals surface area (Å²) in [5.74, 6) is 0.759. The van der Waals surface area contributed by atoms with Gasteiger partial charge < -0.3 is 4.74 Å². The van der Waals surface area contributed by atoms with E-state index in [1.807, 2.05) is 54.6 Å². The van der Waals surface area contributed by atoms with Gasteiger partial charge in [-0.2, -0.15) is 0 Å². The van der Waals surface area contributed by atoms with E-state index in [4.69, 9.17) is 9.72 Å². The molecule has 0 radical (unpaired) electrons. The minimum Gasteiger partial charge on any atom is -0.497 e. The van der Waals surface area contributed by atoms with Crippen molar-refractivity contribution >= 4 is 28.4 Å². The Morgan fingerprint density at radius 3 is 2.47 bits per heavy atom. The Morgan fingerprint density at radius 2 is 1.77 bits per heavy atom. The molecule has 0 aliphatic carbocycles. The van der Waals surface area contributed by atoms with Gasteiger partial charge in [-0.25, -0.2) is 9.98 Å². The highest BCUT2D eigenvalue weighted by Crippen LogP contribution is 2.40. The Morgan fingerprint density at radius 1 is 1.00 bits per heavy atom. The molecule has 4 rings (SSSR count). The average molecular weight is 415 g/mol. The molecule has 148 valence electrons. The molecular formula is C23H17N3O3S. The summed E-state index contributed by atoms with van der Waals surface area (Å²) in [6.07, 6.45) is 1.75. The van der Waals surface area contributed by atoms with Crippen LogP contribution in [0, 0.1) is 10.1 Å². The third-order valence-corrected chi connectivity index (χ3v) is 5.43. The normalized spacial score (nSPS) is 11.0. The summed E-state index contributed by atoms with van der Waals surface area (Å²) in [7, 11) is 1.62. The summed E-state index contributed by atoms with van der Waals surface area (Å²) in [5, 5.41) is 11.6. The molecule has 0 atom stereocenters. The fraction of sp³-hybridized carbons (Fsp3) is 0.0435. The number of hydrogen-bond acceptors (Lipinski definition) is 6. The molecule has 0 spiro atoms. The number of ether oxygens (including phenoxy) is 1. The quantitative estimate of drug-likeness (QED) is 0.215. The van der Waals surface area contributed by atoms with Crippen LogP contribution in [0.15, 0.2) is 83.9 Å². The fourth-order valence-corrected chi connectivity index (χ4v) is 3.88. The van der Waals surface area contributed by atoms with E-state index in [0.717, 1.165) is 33.0 Å². The lowest BCUT2D eigenvalue weighted by Crippen LogP contribution is -1.87. The molecule has 3 aromatic carbocycles. The summed E-state index contributed by atoms with van der Waals surface area (Å²) in [5.41, 5.74) is 3.58. The summed E-state index contributed by atoms with van der Waals surface area (Å²) in [6, 6.07) is 23.9. The van der Waals surface area contributed by atoms with Crippen LogP contribution < -0.4 is 4.74 Å². The summed E-state index contributed by atoms with van der Waals surface area (Å²) in [4.78, 5) is 20.8. The van der Waals surface area contributed by atoms with Crippen molar-refractivity contribution in [2.45, 2.75) is 0 Å². The van der Waals surface area contributed by atoms with Gasteiger partial charge in [0.2, 0.25) is 5.13 Å². The van der Waals surface area contributed by atoms with Crippen LogP contribution in [-0.2, 0) is 0 Å². The Labute approximate surface area is 177 Å². The van der Waals surface area contributed by atoms with Crippen molar-refractivity contribution in [2.24, 2.45) is 4.99 Å². The molecule has 0 N–H and O–H groups in total. The van der Waals surface area contributed by atoms with E-state index in [0.29, 0.717) is 5.13 Å². The van der Waals surface area contributed by atoms with E-state index < -0.39 is 4.92 Å². The standard InChI is InChI=1S/C23H17N3O3S/c1-29-20-9-5-6-16(14-20)15-24-23-25-21(17-7-3-2-4-8-17)22(30-23)18-10-12-19(13-11-18)26(27)28/h2-15H,1H3. The highest BCUT2D eigenvalue weighted by molar-refractivity contribution is 7.19. The zero-order valence-electron chi connectivity index (χ0n) is 16.1. The fourth-order valence-electron chi connectivity index (χ4n) is 2.94. The lowest BCUT2D eigenvalue weighted by atomic mass is 10.1. The first-order valence-corrected chi connectivity index (χ1v) is 9.95. The van der Waals surface area contributed by atoms with Crippen molar-refractivity contribution in [3.05, 3.63) is 94.5 Å². The lowest BCUT2D eigenvalue weighted by molar-refractivity contribution is -0.384. The zero-order valence-corrected chi connectivity index (χ0v) is 16.9. The number of aliphatic imine (C=N–C) groups is 1. The third kappa shape index (κ3) is 4.26. The first-order chi connectivity index (χ1) is 14.6. The Hall–Kier alpha value is -3.84. The molecule has 30 heavy (non-hydrogen) atoms. The molecule has 7 heteroatoms. The van der Waals surface area contributed by atoms with Gasteiger partial charge in [0.1, 0.15) is 5.75 Å². The van der Waals surface area contributed by atoms with E-state index >= 15 is 0 Å². The van der Waals surface area contributed by atoms with Crippen molar-refractivity contribution in [3.8, 4) is 27.4 Å². The first-order valence-electron chi connectivity index (χ1n) is 9.13. The molecule has 0 fully saturated rings. The van der Waals surface area contributed by atoms with Crippen LogP contribution in [0.25, 0.3) is 21.7 Å². The molecule has 0 amide bonds. The predicted molar refractivity (Wildman–Crippen MR) is 120 cm³/mol. The van der Waals surface area contributed by atoms with Crippen LogP contribution in [0.1, 0.15) is 5.56 Å². The maximum Gasteiger partial charge on any atom is 0.269 e. The van der Waals surface area contributed by atoms with Crippen molar-refractivity contribution in [3.63, 3.8) is 0 Å². The highest BCUT2D eigenvalue weighted by Gasteiger charge is 2.15. The van der Waals surface area contributed by atoms with Crippen LogP contribution in [0.2, 0.25) is 0 Å². The maximum atomic E-state index is 11.0. The summed E-state index contributed by atoms with van der Waals surface area (Å²) in [6.45, 7) is 0. The molecule has 0 saturated carbocycles. The largest absolute Gasteiger partial charge is 0.497 e. The molecule has 0 aliphatic rings. The second-order valence-corrected chi connectivity index (χ2v) is 7.36. The number of rotatable bonds is 6. The molecule has 0 unspecified atom stereocenters. The van der Waals surface area contributed by atoms with Gasteiger partial charge in [-0.1, -0.05) is 53.8 Å². The van der Waals surface area contributed by atoms with E-state index in [9.17, 15) is 10.1 Å². The van der Waals surface area contributed by atoms with E-state index in [2.05, 4.69) is 4.99 Å². The van der Waals surface area contributed by atoms with E-state index in [1.54, 1.807) is 25.5 Å². The van der Waals surface area contributed by atoms with Crippen molar-refractivity contribution in [1.29, 1.82) is 0 Å². The number of non-ortho nitro benzene ring substituents is 1. The van der Waals surface area contributed by atoms with Gasteiger partial charge in [0.15, 0.2) is 0 Å². The van der Waals surface area contributed by atoms with Gasteiger partial charge in [0.05, 0.1) is 22.6 Å². The maximum absolute atomic E-state index is 11.0. The Kier molecular flexibility index (Phi) is 5.63. The summed E-state index contributed by atoms with van der Waals surface area (Å²) >= 11 is 1.44. The van der Waals surface area contributed by atoms with Crippen LogP contribution in [0.5, 0.6) is 5.75 Å². The topological polar surface area (TPSA) is 77.6 Å². The van der Waals surface area contributed by atoms with Crippen molar-refractivity contribution in [2.75, 3.05) is 7.11 Å². The Balaban J connectivity index is 1.74. The number of thiazole rings is 1. The van der Waals surface area contributed by atoms with E-state index in [1.165, 1.54) is 23.5 Å². The third-order valence-electron chi connectivity index (χ3n) is 4.42. The number of aromatic nitrogens is 1. The highest BCUT2D eigenvalue weighted by atomic mass is 32.1. The lowest BCUT2D eigenvalue weighted by Gasteiger charge is -2.02. The molecule has 1 aromatic heterocycles. The van der Waals surface area contributed by atoms with Crippen molar-refractivity contribution in [1.82, 2.24) is 4.98 Å².